The molecule has 1 N–H and O–H groups in total. The summed E-state index contributed by atoms with van der Waals surface area (Å²) < 4.78 is 8.21. The number of aryl methyl sites for hydroxylation is 2. The molecule has 6 nitrogen and oxygen atoms in total. The van der Waals surface area contributed by atoms with Crippen LogP contribution in [0.25, 0.3) is 11.0 Å². The van der Waals surface area contributed by atoms with E-state index in [4.69, 9.17) is 4.74 Å². The average Bonchev–Trinajstić information content (AvgIpc) is 3.36. The Morgan fingerprint density at radius 2 is 1.94 bits per heavy atom. The molecule has 35 heavy (non-hydrogen) atoms. The molecule has 7 atom stereocenters. The molecule has 2 bridgehead atoms. The molecule has 190 valence electrons. The molecule has 1 aromatic carbocycles. The minimum absolute atomic E-state index is 0.0860. The van der Waals surface area contributed by atoms with Crippen LogP contribution in [0.3, 0.4) is 0 Å². The molecule has 3 fully saturated rings. The lowest BCUT2D eigenvalue weighted by molar-refractivity contribution is -0.153. The molecular weight excluding hydrogens is 440 g/mol. The summed E-state index contributed by atoms with van der Waals surface area (Å²) in [5, 5.41) is 10.8. The minimum atomic E-state index is -0.585. The van der Waals surface area contributed by atoms with Crippen LogP contribution in [0.15, 0.2) is 18.2 Å². The van der Waals surface area contributed by atoms with Crippen LogP contribution in [0.4, 0.5) is 0 Å². The van der Waals surface area contributed by atoms with Gasteiger partial charge in [0.15, 0.2) is 0 Å². The second kappa shape index (κ2) is 8.72. The fraction of sp³-hybridized carbons (Fsp3) is 0.690. The van der Waals surface area contributed by atoms with Gasteiger partial charge < -0.3 is 14.4 Å². The largest absolute Gasteiger partial charge is 0.457 e. The van der Waals surface area contributed by atoms with E-state index in [0.717, 1.165) is 54.5 Å². The topological polar surface area (TPSA) is 81.4 Å². The van der Waals surface area contributed by atoms with E-state index in [-0.39, 0.29) is 41.5 Å². The number of hydrogen-bond donors (Lipinski definition) is 1. The Balaban J connectivity index is 1.42. The van der Waals surface area contributed by atoms with E-state index in [1.807, 2.05) is 27.8 Å². The van der Waals surface area contributed by atoms with E-state index < -0.39 is 11.5 Å². The number of fused-ring (bicyclic) bond motifs is 4. The van der Waals surface area contributed by atoms with E-state index in [0.29, 0.717) is 18.8 Å². The van der Waals surface area contributed by atoms with Gasteiger partial charge >= 0.3 is 5.97 Å². The van der Waals surface area contributed by atoms with Crippen LogP contribution in [0.2, 0.25) is 0 Å². The van der Waals surface area contributed by atoms with Crippen LogP contribution < -0.4 is 0 Å². The van der Waals surface area contributed by atoms with E-state index >= 15 is 0 Å². The van der Waals surface area contributed by atoms with E-state index in [9.17, 15) is 14.7 Å². The fourth-order valence-corrected chi connectivity index (χ4v) is 7.00. The Bertz CT molecular complexity index is 1150. The van der Waals surface area contributed by atoms with Crippen molar-refractivity contribution < 1.29 is 19.4 Å². The maximum absolute atomic E-state index is 13.1. The highest BCUT2D eigenvalue weighted by atomic mass is 16.5. The Morgan fingerprint density at radius 1 is 1.17 bits per heavy atom. The number of cyclic esters (lactones) is 1. The summed E-state index contributed by atoms with van der Waals surface area (Å²) in [7, 11) is 2.01. The summed E-state index contributed by atoms with van der Waals surface area (Å²) in [6.07, 6.45) is 5.56. The van der Waals surface area contributed by atoms with Crippen molar-refractivity contribution in [1.29, 1.82) is 0 Å². The molecule has 1 saturated heterocycles. The second-order valence-corrected chi connectivity index (χ2v) is 12.3. The van der Waals surface area contributed by atoms with Crippen molar-refractivity contribution >= 4 is 22.8 Å². The third-order valence-corrected chi connectivity index (χ3v) is 9.73. The van der Waals surface area contributed by atoms with Crippen LogP contribution in [0, 0.1) is 35.5 Å². The highest BCUT2D eigenvalue weighted by molar-refractivity contribution is 5.88. The monoisotopic (exact) mass is 480 g/mol. The lowest BCUT2D eigenvalue weighted by Crippen LogP contribution is -2.48. The normalized spacial score (nSPS) is 38.5. The van der Waals surface area contributed by atoms with Gasteiger partial charge in [-0.3, -0.25) is 9.59 Å². The zero-order valence-corrected chi connectivity index (χ0v) is 21.8. The number of ketones is 1. The maximum Gasteiger partial charge on any atom is 0.306 e. The number of aliphatic hydroxyl groups is 1. The molecule has 2 heterocycles. The number of esters is 1. The maximum atomic E-state index is 13.1. The van der Waals surface area contributed by atoms with Crippen molar-refractivity contribution in [3.63, 3.8) is 0 Å². The third kappa shape index (κ3) is 4.43. The summed E-state index contributed by atoms with van der Waals surface area (Å²) in [6.45, 7) is 8.18. The molecule has 2 saturated carbocycles. The zero-order chi connectivity index (χ0) is 25.1. The first kappa shape index (κ1) is 24.5. The SMILES string of the molecule is Cc1nc2cc(C3CC4C[C@]4(C)CCC[C@@H]4CC(C)(CCC(=O)O3)C(=O)[C@H](C)C4O)ccc2n1C. The van der Waals surface area contributed by atoms with Crippen LogP contribution in [-0.4, -0.2) is 32.5 Å². The Hall–Kier alpha value is -2.21. The molecule has 2 aromatic rings. The number of imidazole rings is 1. The van der Waals surface area contributed by atoms with Gasteiger partial charge in [0.25, 0.3) is 0 Å². The Labute approximate surface area is 208 Å². The number of carbonyl (C=O) groups excluding carboxylic acids is 2. The number of ether oxygens (including phenoxy) is 1. The number of carbonyl (C=O) groups is 2. The van der Waals surface area contributed by atoms with Crippen LogP contribution in [0.5, 0.6) is 0 Å². The Morgan fingerprint density at radius 3 is 2.71 bits per heavy atom. The number of nitrogens with zero attached hydrogens (tertiary/aromatic N) is 2. The summed E-state index contributed by atoms with van der Waals surface area (Å²) in [6, 6.07) is 6.22. The number of aliphatic hydroxyl groups excluding tert-OH is 1. The molecule has 0 radical (unpaired) electrons. The molecule has 1 aliphatic heterocycles. The lowest BCUT2D eigenvalue weighted by Gasteiger charge is -2.43. The van der Waals surface area contributed by atoms with Gasteiger partial charge in [-0.25, -0.2) is 4.98 Å². The number of rotatable bonds is 1. The van der Waals surface area contributed by atoms with Gasteiger partial charge in [0, 0.05) is 24.8 Å². The molecule has 3 aliphatic rings. The van der Waals surface area contributed by atoms with Gasteiger partial charge in [0.2, 0.25) is 0 Å². The standard InChI is InChI=1S/C29H40N2O4/c1-17-26(33)20-7-6-11-28(3)16-21(28)14-24(35-25(32)10-12-29(4,15-20)27(17)34)19-8-9-23-22(13-19)30-18(2)31(23)5/h8-9,13,17,20-21,24,26,33H,6-7,10-12,14-16H2,1-5H3/t17-,20-,21?,24?,26?,28+,29?/m1/s1. The number of hydrogen-bond acceptors (Lipinski definition) is 5. The molecule has 0 amide bonds. The van der Waals surface area contributed by atoms with Crippen LogP contribution >= 0.6 is 0 Å². The first-order valence-electron chi connectivity index (χ1n) is 13.4. The lowest BCUT2D eigenvalue weighted by atomic mass is 9.61. The molecule has 6 heteroatoms. The molecule has 4 unspecified atom stereocenters. The fourth-order valence-electron chi connectivity index (χ4n) is 7.00. The van der Waals surface area contributed by atoms with Gasteiger partial charge in [-0.1, -0.05) is 33.3 Å². The van der Waals surface area contributed by atoms with Gasteiger partial charge in [-0.15, -0.1) is 0 Å². The van der Waals surface area contributed by atoms with E-state index in [2.05, 4.69) is 34.7 Å². The molecular formula is C29H40N2O4. The smallest absolute Gasteiger partial charge is 0.306 e. The summed E-state index contributed by atoms with van der Waals surface area (Å²) in [5.74, 6) is 1.06. The first-order valence-corrected chi connectivity index (χ1v) is 13.4. The highest BCUT2D eigenvalue weighted by Gasteiger charge is 2.52. The number of Topliss-reactive ketones (excluding diaryl/α,β-unsaturated/α-hetero) is 1. The van der Waals surface area contributed by atoms with Gasteiger partial charge in [-0.05, 0) is 80.4 Å². The predicted molar refractivity (Wildman–Crippen MR) is 135 cm³/mol. The van der Waals surface area contributed by atoms with Crippen molar-refractivity contribution in [2.75, 3.05) is 0 Å². The summed E-state index contributed by atoms with van der Waals surface area (Å²) >= 11 is 0. The van der Waals surface area contributed by atoms with Crippen molar-refractivity contribution in [2.24, 2.45) is 35.6 Å². The molecule has 2 aliphatic carbocycles. The first-order chi connectivity index (χ1) is 16.5. The third-order valence-electron chi connectivity index (χ3n) is 9.73. The van der Waals surface area contributed by atoms with Gasteiger partial charge in [0.1, 0.15) is 17.7 Å². The second-order valence-electron chi connectivity index (χ2n) is 12.3. The summed E-state index contributed by atoms with van der Waals surface area (Å²) in [5.41, 5.74) is 2.67. The van der Waals surface area contributed by atoms with Crippen molar-refractivity contribution in [2.45, 2.75) is 91.3 Å². The number of aromatic nitrogens is 2. The van der Waals surface area contributed by atoms with Crippen molar-refractivity contribution in [3.05, 3.63) is 29.6 Å². The molecule has 5 rings (SSSR count). The Kier molecular flexibility index (Phi) is 6.10. The average molecular weight is 481 g/mol. The van der Waals surface area contributed by atoms with Crippen molar-refractivity contribution in [3.8, 4) is 0 Å². The molecule has 1 aromatic heterocycles. The van der Waals surface area contributed by atoms with E-state index in [1.54, 1.807) is 0 Å². The predicted octanol–water partition coefficient (Wildman–Crippen LogP) is 5.44. The quantitative estimate of drug-likeness (QED) is 0.550. The highest BCUT2D eigenvalue weighted by Crippen LogP contribution is 2.60. The van der Waals surface area contributed by atoms with E-state index in [1.165, 1.54) is 0 Å². The van der Waals surface area contributed by atoms with Crippen LogP contribution in [-0.2, 0) is 21.4 Å². The van der Waals surface area contributed by atoms with Gasteiger partial charge in [0.05, 0.1) is 17.1 Å². The molecule has 0 spiro atoms. The van der Waals surface area contributed by atoms with Crippen LogP contribution in [0.1, 0.15) is 89.6 Å². The summed E-state index contributed by atoms with van der Waals surface area (Å²) in [4.78, 5) is 30.9. The zero-order valence-electron chi connectivity index (χ0n) is 21.8. The number of benzene rings is 1. The minimum Gasteiger partial charge on any atom is -0.457 e. The van der Waals surface area contributed by atoms with Crippen molar-refractivity contribution in [1.82, 2.24) is 9.55 Å². The van der Waals surface area contributed by atoms with Gasteiger partial charge in [-0.2, -0.15) is 0 Å².